The van der Waals surface area contributed by atoms with E-state index in [1.165, 1.54) is 59.2 Å². The molecule has 0 saturated heterocycles. The van der Waals surface area contributed by atoms with Gasteiger partial charge < -0.3 is 10.1 Å². The van der Waals surface area contributed by atoms with E-state index in [1.807, 2.05) is 40.8 Å². The number of hydrogen-bond donors (Lipinski definition) is 1. The van der Waals surface area contributed by atoms with E-state index in [-0.39, 0.29) is 43.0 Å². The molecule has 0 unspecified atom stereocenters. The van der Waals surface area contributed by atoms with E-state index in [0.29, 0.717) is 0 Å². The van der Waals surface area contributed by atoms with E-state index in [9.17, 15) is 9.90 Å². The van der Waals surface area contributed by atoms with Crippen molar-refractivity contribution in [3.8, 4) is 11.3 Å². The normalized spacial score (nSPS) is 14.2. The smallest absolute Gasteiger partial charge is 0.164 e. The van der Waals surface area contributed by atoms with E-state index < -0.39 is 0 Å². The Morgan fingerprint density at radius 2 is 1.70 bits per heavy atom. The second-order valence-electron chi connectivity index (χ2n) is 11.6. The third-order valence-electron chi connectivity index (χ3n) is 8.86. The zero-order chi connectivity index (χ0) is 28.6. The molecule has 4 heteroatoms. The van der Waals surface area contributed by atoms with E-state index >= 15 is 0 Å². The molecular weight excluding hydrogens is 671 g/mol. The molecule has 1 N–H and O–H groups in total. The predicted octanol–water partition coefficient (Wildman–Crippen LogP) is 10.2. The second kappa shape index (κ2) is 15.6. The average molecular weight is 719 g/mol. The molecular formula is C36H48IrNO2-. The number of aliphatic hydroxyl groups is 1. The van der Waals surface area contributed by atoms with Crippen LogP contribution in [0.2, 0.25) is 0 Å². The van der Waals surface area contributed by atoms with Gasteiger partial charge in [0.05, 0.1) is 5.76 Å². The van der Waals surface area contributed by atoms with Crippen LogP contribution in [-0.2, 0) is 24.9 Å². The maximum Gasteiger partial charge on any atom is 0.164 e. The summed E-state index contributed by atoms with van der Waals surface area (Å²) in [6.07, 6.45) is 12.2. The molecule has 1 fully saturated rings. The van der Waals surface area contributed by atoms with Crippen LogP contribution < -0.4 is 0 Å². The summed E-state index contributed by atoms with van der Waals surface area (Å²) < 4.78 is 0. The SMILES string of the molecule is CCC(CC)/C(O)=C/C(=O)C(C)(CC)CC.Cc1[c-]c(-c2nccc3cc(C4CCCC4)ccc23)cc(C)c1.[Ir]. The van der Waals surface area contributed by atoms with Gasteiger partial charge in [0.2, 0.25) is 0 Å². The van der Waals surface area contributed by atoms with Crippen molar-refractivity contribution in [1.82, 2.24) is 4.98 Å². The van der Waals surface area contributed by atoms with Crippen LogP contribution in [-0.4, -0.2) is 15.9 Å². The molecule has 0 aliphatic heterocycles. The number of aromatic nitrogens is 1. The average Bonchev–Trinajstić information content (AvgIpc) is 3.47. The zero-order valence-electron chi connectivity index (χ0n) is 25.6. The number of aliphatic hydroxyl groups excluding tert-OH is 1. The molecule has 1 saturated carbocycles. The van der Waals surface area contributed by atoms with Crippen molar-refractivity contribution in [2.45, 2.75) is 106 Å². The van der Waals surface area contributed by atoms with Gasteiger partial charge in [0.25, 0.3) is 0 Å². The Bertz CT molecular complexity index is 1260. The van der Waals surface area contributed by atoms with Gasteiger partial charge in [-0.25, -0.2) is 0 Å². The Morgan fingerprint density at radius 3 is 2.27 bits per heavy atom. The van der Waals surface area contributed by atoms with Crippen molar-refractivity contribution in [3.05, 3.63) is 77.2 Å². The first kappa shape index (κ1) is 33.9. The van der Waals surface area contributed by atoms with Crippen LogP contribution in [0.3, 0.4) is 0 Å². The van der Waals surface area contributed by atoms with Gasteiger partial charge in [0, 0.05) is 43.7 Å². The van der Waals surface area contributed by atoms with Gasteiger partial charge in [-0.2, -0.15) is 0 Å². The van der Waals surface area contributed by atoms with Crippen LogP contribution >= 0.6 is 0 Å². The minimum atomic E-state index is -0.319. The molecule has 1 aromatic heterocycles. The number of rotatable bonds is 9. The number of carbonyl (C=O) groups excluding carboxylic acids is 1. The van der Waals surface area contributed by atoms with Gasteiger partial charge in [-0.05, 0) is 72.5 Å². The van der Waals surface area contributed by atoms with Crippen molar-refractivity contribution >= 4 is 16.6 Å². The predicted molar refractivity (Wildman–Crippen MR) is 165 cm³/mol. The molecule has 3 nitrogen and oxygen atoms in total. The van der Waals surface area contributed by atoms with E-state index in [1.54, 1.807) is 0 Å². The van der Waals surface area contributed by atoms with E-state index in [4.69, 9.17) is 0 Å². The number of nitrogens with zero attached hydrogens (tertiary/aromatic N) is 1. The Labute approximate surface area is 256 Å². The first-order valence-corrected chi connectivity index (χ1v) is 15.0. The molecule has 4 rings (SSSR count). The number of ketones is 1. The zero-order valence-corrected chi connectivity index (χ0v) is 28.0. The number of allylic oxidation sites excluding steroid dienone is 2. The number of pyridine rings is 1. The number of aryl methyl sites for hydroxylation is 2. The van der Waals surface area contributed by atoms with E-state index in [0.717, 1.165) is 42.9 Å². The number of fused-ring (bicyclic) bond motifs is 1. The van der Waals surface area contributed by atoms with Crippen molar-refractivity contribution in [2.75, 3.05) is 0 Å². The summed E-state index contributed by atoms with van der Waals surface area (Å²) in [5.74, 6) is 1.19. The number of carbonyl (C=O) groups is 1. The quantitative estimate of drug-likeness (QED) is 0.136. The summed E-state index contributed by atoms with van der Waals surface area (Å²) in [7, 11) is 0. The fourth-order valence-corrected chi connectivity index (χ4v) is 5.68. The first-order valence-electron chi connectivity index (χ1n) is 15.0. The Morgan fingerprint density at radius 1 is 1.05 bits per heavy atom. The second-order valence-corrected chi connectivity index (χ2v) is 11.6. The minimum Gasteiger partial charge on any atom is -0.512 e. The maximum absolute atomic E-state index is 12.0. The molecule has 219 valence electrons. The van der Waals surface area contributed by atoms with Gasteiger partial charge in [-0.3, -0.25) is 4.79 Å². The molecule has 0 atom stereocenters. The summed E-state index contributed by atoms with van der Waals surface area (Å²) >= 11 is 0. The van der Waals surface area contributed by atoms with Crippen LogP contribution in [0.4, 0.5) is 0 Å². The van der Waals surface area contributed by atoms with Crippen LogP contribution in [0.5, 0.6) is 0 Å². The largest absolute Gasteiger partial charge is 0.512 e. The molecule has 1 aliphatic carbocycles. The van der Waals surface area contributed by atoms with Gasteiger partial charge in [0.1, 0.15) is 0 Å². The standard InChI is InChI=1S/C22H22N.C14H26O2.Ir/c1-15-11-16(2)13-20(12-15)22-21-8-7-18(17-5-3-4-6-17)14-19(21)9-10-23-22;1-6-11(7-2)12(15)10-13(16)14(5,8-3)9-4;/h7-12,14,17H,3-6H2,1-2H3;10-11,15H,6-9H2,1-5H3;/q-1;;/b;12-10-;. The van der Waals surface area contributed by atoms with Gasteiger partial charge in [-0.1, -0.05) is 79.5 Å². The third-order valence-corrected chi connectivity index (χ3v) is 8.86. The van der Waals surface area contributed by atoms with Crippen LogP contribution in [0.1, 0.15) is 109 Å². The summed E-state index contributed by atoms with van der Waals surface area (Å²) in [5, 5.41) is 12.4. The van der Waals surface area contributed by atoms with Crippen molar-refractivity contribution < 1.29 is 30.0 Å². The fraction of sp³-hybridized carbons (Fsp3) is 0.500. The maximum atomic E-state index is 12.0. The van der Waals surface area contributed by atoms with E-state index in [2.05, 4.69) is 61.3 Å². The molecule has 0 amide bonds. The van der Waals surface area contributed by atoms with Crippen molar-refractivity contribution in [3.63, 3.8) is 0 Å². The minimum absolute atomic E-state index is 0. The van der Waals surface area contributed by atoms with Crippen molar-refractivity contribution in [2.24, 2.45) is 11.3 Å². The van der Waals surface area contributed by atoms with Crippen LogP contribution in [0, 0.1) is 31.2 Å². The fourth-order valence-electron chi connectivity index (χ4n) is 5.68. The third kappa shape index (κ3) is 8.37. The molecule has 0 spiro atoms. The van der Waals surface area contributed by atoms with Crippen LogP contribution in [0.25, 0.3) is 22.0 Å². The summed E-state index contributed by atoms with van der Waals surface area (Å²) in [4.78, 5) is 16.7. The molecule has 3 aromatic rings. The Balaban J connectivity index is 0.000000294. The van der Waals surface area contributed by atoms with Gasteiger partial charge in [-0.15, -0.1) is 34.9 Å². The molecule has 1 aliphatic rings. The topological polar surface area (TPSA) is 50.2 Å². The summed E-state index contributed by atoms with van der Waals surface area (Å²) in [6, 6.07) is 16.9. The van der Waals surface area contributed by atoms with Crippen molar-refractivity contribution in [1.29, 1.82) is 0 Å². The number of benzene rings is 2. The van der Waals surface area contributed by atoms with Crippen LogP contribution in [0.15, 0.2) is 54.4 Å². The van der Waals surface area contributed by atoms with Gasteiger partial charge >= 0.3 is 0 Å². The molecule has 0 bridgehead atoms. The first-order chi connectivity index (χ1) is 18.6. The molecule has 1 radical (unpaired) electrons. The Hall–Kier alpha value is -2.29. The molecule has 1 heterocycles. The van der Waals surface area contributed by atoms with Gasteiger partial charge in [0.15, 0.2) is 5.78 Å². The number of hydrogen-bond acceptors (Lipinski definition) is 3. The Kier molecular flexibility index (Phi) is 13.3. The summed E-state index contributed by atoms with van der Waals surface area (Å²) in [6.45, 7) is 14.3. The molecule has 40 heavy (non-hydrogen) atoms. The summed E-state index contributed by atoms with van der Waals surface area (Å²) in [5.41, 5.74) is 5.75. The molecule has 2 aromatic carbocycles. The monoisotopic (exact) mass is 719 g/mol.